The number of anilines is 1. The molecular weight excluding hydrogens is 320 g/mol. The van der Waals surface area contributed by atoms with Gasteiger partial charge in [-0.15, -0.1) is 0 Å². The van der Waals surface area contributed by atoms with Crippen molar-refractivity contribution in [2.75, 3.05) is 25.0 Å². The summed E-state index contributed by atoms with van der Waals surface area (Å²) in [6.45, 7) is 1.96. The molecule has 2 heterocycles. The van der Waals surface area contributed by atoms with Crippen molar-refractivity contribution in [1.82, 2.24) is 9.88 Å². The molecule has 0 spiro atoms. The Morgan fingerprint density at radius 2 is 2.04 bits per heavy atom. The summed E-state index contributed by atoms with van der Waals surface area (Å²) in [5, 5.41) is 13.5. The molecular formula is C18H20N4O3. The van der Waals surface area contributed by atoms with Crippen molar-refractivity contribution in [3.63, 3.8) is 0 Å². The summed E-state index contributed by atoms with van der Waals surface area (Å²) in [4.78, 5) is 29.0. The molecule has 1 aliphatic rings. The van der Waals surface area contributed by atoms with Crippen LogP contribution >= 0.6 is 0 Å². The number of nitro groups is 1. The van der Waals surface area contributed by atoms with E-state index in [4.69, 9.17) is 0 Å². The van der Waals surface area contributed by atoms with Crippen molar-refractivity contribution >= 4 is 17.3 Å². The van der Waals surface area contributed by atoms with E-state index in [-0.39, 0.29) is 18.1 Å². The molecule has 0 radical (unpaired) electrons. The van der Waals surface area contributed by atoms with E-state index < -0.39 is 4.92 Å². The molecule has 1 aromatic heterocycles. The molecule has 1 aromatic carbocycles. The van der Waals surface area contributed by atoms with Gasteiger partial charge in [0.2, 0.25) is 5.91 Å². The first-order chi connectivity index (χ1) is 12.1. The lowest BCUT2D eigenvalue weighted by Gasteiger charge is -2.31. The van der Waals surface area contributed by atoms with E-state index in [9.17, 15) is 14.9 Å². The van der Waals surface area contributed by atoms with Crippen LogP contribution in [0.15, 0.2) is 48.7 Å². The number of piperidine rings is 1. The molecule has 1 aliphatic heterocycles. The zero-order chi connectivity index (χ0) is 17.6. The molecule has 7 heteroatoms. The number of nitro benzene ring substituents is 1. The fourth-order valence-corrected chi connectivity index (χ4v) is 3.11. The molecule has 25 heavy (non-hydrogen) atoms. The van der Waals surface area contributed by atoms with E-state index in [1.54, 1.807) is 12.1 Å². The van der Waals surface area contributed by atoms with Crippen LogP contribution in [0.5, 0.6) is 0 Å². The molecule has 3 rings (SSSR count). The number of carbonyl (C=O) groups excluding carboxylic acids is 1. The van der Waals surface area contributed by atoms with E-state index in [2.05, 4.69) is 21.3 Å². The van der Waals surface area contributed by atoms with Crippen LogP contribution in [0.3, 0.4) is 0 Å². The standard InChI is InChI=1S/C18H20N4O3/c23-18(20-15-4-3-5-16(12-15)22(24)25)13-21-10-7-14(8-11-21)17-6-1-2-9-19-17/h1-6,9,12,14H,7-8,10-11,13H2,(H,20,23). The Morgan fingerprint density at radius 1 is 1.24 bits per heavy atom. The third-order valence-electron chi connectivity index (χ3n) is 4.40. The molecule has 0 saturated carbocycles. The number of non-ortho nitro benzene ring substituents is 1. The Hall–Kier alpha value is -2.80. The van der Waals surface area contributed by atoms with Gasteiger partial charge in [-0.05, 0) is 44.1 Å². The first-order valence-corrected chi connectivity index (χ1v) is 8.29. The number of pyridine rings is 1. The molecule has 1 saturated heterocycles. The maximum Gasteiger partial charge on any atom is 0.271 e. The lowest BCUT2D eigenvalue weighted by molar-refractivity contribution is -0.384. The van der Waals surface area contributed by atoms with Crippen molar-refractivity contribution in [3.05, 3.63) is 64.5 Å². The zero-order valence-electron chi connectivity index (χ0n) is 13.8. The molecule has 1 amide bonds. The van der Waals surface area contributed by atoms with E-state index >= 15 is 0 Å². The number of carbonyl (C=O) groups is 1. The Labute approximate surface area is 145 Å². The summed E-state index contributed by atoms with van der Waals surface area (Å²) in [6, 6.07) is 11.9. The van der Waals surface area contributed by atoms with E-state index in [1.165, 1.54) is 12.1 Å². The van der Waals surface area contributed by atoms with Crippen LogP contribution in [0, 0.1) is 10.1 Å². The number of hydrogen-bond acceptors (Lipinski definition) is 5. The quantitative estimate of drug-likeness (QED) is 0.668. The number of benzene rings is 1. The van der Waals surface area contributed by atoms with Crippen molar-refractivity contribution in [1.29, 1.82) is 0 Å². The lowest BCUT2D eigenvalue weighted by Crippen LogP contribution is -2.38. The van der Waals surface area contributed by atoms with Crippen LogP contribution in [0.25, 0.3) is 0 Å². The second kappa shape index (κ2) is 7.85. The Morgan fingerprint density at radius 3 is 2.72 bits per heavy atom. The summed E-state index contributed by atoms with van der Waals surface area (Å²) in [5.74, 6) is 0.286. The average molecular weight is 340 g/mol. The monoisotopic (exact) mass is 340 g/mol. The van der Waals surface area contributed by atoms with Crippen LogP contribution < -0.4 is 5.32 Å². The summed E-state index contributed by atoms with van der Waals surface area (Å²) in [5.41, 5.74) is 1.53. The Kier molecular flexibility index (Phi) is 5.35. The minimum absolute atomic E-state index is 0.0334. The molecule has 0 unspecified atom stereocenters. The second-order valence-electron chi connectivity index (χ2n) is 6.16. The second-order valence-corrected chi connectivity index (χ2v) is 6.16. The number of likely N-dealkylation sites (tertiary alicyclic amines) is 1. The number of nitrogens with one attached hydrogen (secondary N) is 1. The van der Waals surface area contributed by atoms with Gasteiger partial charge in [0.05, 0.1) is 11.5 Å². The predicted octanol–water partition coefficient (Wildman–Crippen LogP) is 2.81. The van der Waals surface area contributed by atoms with Gasteiger partial charge in [0.1, 0.15) is 0 Å². The van der Waals surface area contributed by atoms with E-state index in [0.29, 0.717) is 11.6 Å². The van der Waals surface area contributed by atoms with Gasteiger partial charge in [-0.3, -0.25) is 24.8 Å². The molecule has 1 fully saturated rings. The summed E-state index contributed by atoms with van der Waals surface area (Å²) < 4.78 is 0. The minimum atomic E-state index is -0.474. The molecule has 7 nitrogen and oxygen atoms in total. The SMILES string of the molecule is O=C(CN1CCC(c2ccccn2)CC1)Nc1cccc([N+](=O)[O-])c1. The lowest BCUT2D eigenvalue weighted by atomic mass is 9.93. The van der Waals surface area contributed by atoms with Crippen molar-refractivity contribution < 1.29 is 9.72 Å². The number of hydrogen-bond donors (Lipinski definition) is 1. The average Bonchev–Trinajstić information content (AvgIpc) is 2.63. The fourth-order valence-electron chi connectivity index (χ4n) is 3.11. The molecule has 130 valence electrons. The highest BCUT2D eigenvalue weighted by Gasteiger charge is 2.22. The van der Waals surface area contributed by atoms with Gasteiger partial charge in [0.15, 0.2) is 0 Å². The van der Waals surface area contributed by atoms with Gasteiger partial charge in [-0.2, -0.15) is 0 Å². The van der Waals surface area contributed by atoms with Gasteiger partial charge in [-0.1, -0.05) is 12.1 Å². The molecule has 1 N–H and O–H groups in total. The van der Waals surface area contributed by atoms with Crippen LogP contribution in [0.1, 0.15) is 24.5 Å². The predicted molar refractivity (Wildman–Crippen MR) is 94.4 cm³/mol. The van der Waals surface area contributed by atoms with Gasteiger partial charge in [-0.25, -0.2) is 0 Å². The van der Waals surface area contributed by atoms with Gasteiger partial charge in [0.25, 0.3) is 5.69 Å². The number of amides is 1. The highest BCUT2D eigenvalue weighted by molar-refractivity contribution is 5.92. The van der Waals surface area contributed by atoms with Crippen LogP contribution in [-0.2, 0) is 4.79 Å². The van der Waals surface area contributed by atoms with Crippen molar-refractivity contribution in [2.24, 2.45) is 0 Å². The fraction of sp³-hybridized carbons (Fsp3) is 0.333. The van der Waals surface area contributed by atoms with E-state index in [1.807, 2.05) is 18.3 Å². The molecule has 0 atom stereocenters. The molecule has 0 bridgehead atoms. The minimum Gasteiger partial charge on any atom is -0.325 e. The normalized spacial score (nSPS) is 15.7. The summed E-state index contributed by atoms with van der Waals surface area (Å²) in [6.07, 6.45) is 3.76. The Balaban J connectivity index is 1.49. The van der Waals surface area contributed by atoms with Gasteiger partial charge >= 0.3 is 0 Å². The number of rotatable bonds is 5. The zero-order valence-corrected chi connectivity index (χ0v) is 13.8. The first-order valence-electron chi connectivity index (χ1n) is 8.29. The van der Waals surface area contributed by atoms with E-state index in [0.717, 1.165) is 31.6 Å². The van der Waals surface area contributed by atoms with Crippen molar-refractivity contribution in [3.8, 4) is 0 Å². The third kappa shape index (κ3) is 4.60. The highest BCUT2D eigenvalue weighted by atomic mass is 16.6. The molecule has 0 aliphatic carbocycles. The van der Waals surface area contributed by atoms with Crippen LogP contribution in [0.2, 0.25) is 0 Å². The maximum absolute atomic E-state index is 12.2. The van der Waals surface area contributed by atoms with Gasteiger partial charge < -0.3 is 5.32 Å². The van der Waals surface area contributed by atoms with Crippen LogP contribution in [-0.4, -0.2) is 40.3 Å². The number of aromatic nitrogens is 1. The topological polar surface area (TPSA) is 88.4 Å². The van der Waals surface area contributed by atoms with Gasteiger partial charge in [0, 0.05) is 35.6 Å². The maximum atomic E-state index is 12.2. The molecule has 2 aromatic rings. The van der Waals surface area contributed by atoms with Crippen LogP contribution in [0.4, 0.5) is 11.4 Å². The third-order valence-corrected chi connectivity index (χ3v) is 4.40. The summed E-state index contributed by atoms with van der Waals surface area (Å²) >= 11 is 0. The smallest absolute Gasteiger partial charge is 0.271 e. The Bertz CT molecular complexity index is 743. The highest BCUT2D eigenvalue weighted by Crippen LogP contribution is 2.26. The first kappa shape index (κ1) is 17.0. The largest absolute Gasteiger partial charge is 0.325 e. The summed E-state index contributed by atoms with van der Waals surface area (Å²) in [7, 11) is 0. The number of nitrogens with zero attached hydrogens (tertiary/aromatic N) is 3. The van der Waals surface area contributed by atoms with Crippen molar-refractivity contribution in [2.45, 2.75) is 18.8 Å².